The van der Waals surface area contributed by atoms with Crippen LogP contribution in [0.1, 0.15) is 44.8 Å². The summed E-state index contributed by atoms with van der Waals surface area (Å²) in [6.07, 6.45) is 3.10. The molecule has 3 nitrogen and oxygen atoms in total. The summed E-state index contributed by atoms with van der Waals surface area (Å²) >= 11 is 0. The van der Waals surface area contributed by atoms with Gasteiger partial charge in [0.25, 0.3) is 0 Å². The van der Waals surface area contributed by atoms with Crippen molar-refractivity contribution in [1.29, 1.82) is 0 Å². The molecule has 0 spiro atoms. The number of nitrogens with zero attached hydrogens (tertiary/aromatic N) is 1. The topological polar surface area (TPSA) is 32.7 Å². The van der Waals surface area contributed by atoms with Gasteiger partial charge in [-0.05, 0) is 50.0 Å². The molecular weight excluding hydrogens is 238 g/mol. The van der Waals surface area contributed by atoms with Gasteiger partial charge in [0.05, 0.1) is 12.2 Å². The Morgan fingerprint density at radius 2 is 2.05 bits per heavy atom. The van der Waals surface area contributed by atoms with Crippen LogP contribution < -0.4 is 4.74 Å². The van der Waals surface area contributed by atoms with Crippen LogP contribution in [0.15, 0.2) is 24.3 Å². The van der Waals surface area contributed by atoms with Gasteiger partial charge in [0, 0.05) is 6.54 Å². The zero-order valence-corrected chi connectivity index (χ0v) is 12.0. The van der Waals surface area contributed by atoms with E-state index in [0.29, 0.717) is 6.10 Å². The first kappa shape index (κ1) is 14.4. The Morgan fingerprint density at radius 1 is 1.32 bits per heavy atom. The summed E-state index contributed by atoms with van der Waals surface area (Å²) in [5.41, 5.74) is 0.963. The lowest BCUT2D eigenvalue weighted by Crippen LogP contribution is -2.25. The van der Waals surface area contributed by atoms with E-state index in [1.165, 1.54) is 0 Å². The molecule has 1 aromatic rings. The lowest BCUT2D eigenvalue weighted by atomic mass is 10.1. The van der Waals surface area contributed by atoms with Crippen molar-refractivity contribution in [3.8, 4) is 5.75 Å². The molecule has 1 fully saturated rings. The van der Waals surface area contributed by atoms with E-state index in [-0.39, 0.29) is 0 Å². The van der Waals surface area contributed by atoms with Crippen molar-refractivity contribution in [2.45, 2.75) is 45.3 Å². The van der Waals surface area contributed by atoms with Crippen molar-refractivity contribution in [2.75, 3.05) is 19.6 Å². The van der Waals surface area contributed by atoms with Crippen LogP contribution in [0.25, 0.3) is 0 Å². The Kier molecular flexibility index (Phi) is 5.23. The third-order valence-corrected chi connectivity index (χ3v) is 3.68. The third kappa shape index (κ3) is 4.51. The molecule has 3 heteroatoms. The number of hydrogen-bond donors (Lipinski definition) is 1. The predicted molar refractivity (Wildman–Crippen MR) is 77.5 cm³/mol. The molecule has 19 heavy (non-hydrogen) atoms. The summed E-state index contributed by atoms with van der Waals surface area (Å²) in [6.45, 7) is 7.31. The largest absolute Gasteiger partial charge is 0.490 e. The highest BCUT2D eigenvalue weighted by atomic mass is 16.5. The fourth-order valence-corrected chi connectivity index (χ4v) is 2.18. The lowest BCUT2D eigenvalue weighted by Gasteiger charge is -2.20. The Morgan fingerprint density at radius 3 is 2.68 bits per heavy atom. The van der Waals surface area contributed by atoms with Gasteiger partial charge in [0.1, 0.15) is 5.75 Å². The summed E-state index contributed by atoms with van der Waals surface area (Å²) in [5, 5.41) is 10.3. The second kappa shape index (κ2) is 6.92. The molecule has 0 aliphatic heterocycles. The standard InChI is InChI=1S/C16H25NO2/c1-3-17(4-2)11-10-16(18)13-6-5-7-15(12-13)19-14-8-9-14/h5-7,12,14,16,18H,3-4,8-11H2,1-2H3. The van der Waals surface area contributed by atoms with Crippen molar-refractivity contribution in [1.82, 2.24) is 4.90 Å². The SMILES string of the molecule is CCN(CC)CCC(O)c1cccc(OC2CC2)c1. The van der Waals surface area contributed by atoms with Crippen LogP contribution in [0.4, 0.5) is 0 Å². The van der Waals surface area contributed by atoms with Crippen molar-refractivity contribution >= 4 is 0 Å². The highest BCUT2D eigenvalue weighted by molar-refractivity contribution is 5.30. The number of rotatable bonds is 8. The van der Waals surface area contributed by atoms with Gasteiger partial charge >= 0.3 is 0 Å². The molecule has 0 saturated heterocycles. The van der Waals surface area contributed by atoms with Crippen molar-refractivity contribution in [3.63, 3.8) is 0 Å². The van der Waals surface area contributed by atoms with Crippen molar-refractivity contribution in [2.24, 2.45) is 0 Å². The minimum absolute atomic E-state index is 0.400. The Hall–Kier alpha value is -1.06. The van der Waals surface area contributed by atoms with Gasteiger partial charge in [-0.3, -0.25) is 0 Å². The molecule has 1 aliphatic rings. The number of aliphatic hydroxyl groups excluding tert-OH is 1. The van der Waals surface area contributed by atoms with E-state index in [0.717, 1.165) is 50.2 Å². The van der Waals surface area contributed by atoms with Crippen LogP contribution in [0, 0.1) is 0 Å². The lowest BCUT2D eigenvalue weighted by molar-refractivity contribution is 0.145. The van der Waals surface area contributed by atoms with E-state index in [2.05, 4.69) is 18.7 Å². The fourth-order valence-electron chi connectivity index (χ4n) is 2.18. The molecule has 106 valence electrons. The molecule has 1 saturated carbocycles. The molecule has 1 aliphatic carbocycles. The number of hydrogen-bond acceptors (Lipinski definition) is 3. The predicted octanol–water partition coefficient (Wildman–Crippen LogP) is 2.99. The summed E-state index contributed by atoms with van der Waals surface area (Å²) in [6, 6.07) is 7.89. The van der Waals surface area contributed by atoms with Crippen LogP contribution in [0.5, 0.6) is 5.75 Å². The maximum Gasteiger partial charge on any atom is 0.120 e. The Labute approximate surface area is 116 Å². The normalized spacial score (nSPS) is 16.6. The first-order valence-corrected chi connectivity index (χ1v) is 7.40. The quantitative estimate of drug-likeness (QED) is 0.782. The van der Waals surface area contributed by atoms with Crippen LogP contribution >= 0.6 is 0 Å². The molecule has 1 unspecified atom stereocenters. The van der Waals surface area contributed by atoms with Crippen molar-refractivity contribution < 1.29 is 9.84 Å². The first-order chi connectivity index (χ1) is 9.22. The van der Waals surface area contributed by atoms with Gasteiger partial charge in [-0.15, -0.1) is 0 Å². The summed E-state index contributed by atoms with van der Waals surface area (Å²) in [5.74, 6) is 0.891. The number of ether oxygens (including phenoxy) is 1. The zero-order valence-electron chi connectivity index (χ0n) is 12.0. The molecule has 1 aromatic carbocycles. The maximum atomic E-state index is 10.3. The highest BCUT2D eigenvalue weighted by Gasteiger charge is 2.23. The third-order valence-electron chi connectivity index (χ3n) is 3.68. The molecule has 0 aromatic heterocycles. The van der Waals surface area contributed by atoms with Crippen LogP contribution in [0.3, 0.4) is 0 Å². The van der Waals surface area contributed by atoms with Gasteiger partial charge in [-0.25, -0.2) is 0 Å². The fraction of sp³-hybridized carbons (Fsp3) is 0.625. The molecule has 2 rings (SSSR count). The average Bonchev–Trinajstić information content (AvgIpc) is 3.24. The second-order valence-corrected chi connectivity index (χ2v) is 5.22. The monoisotopic (exact) mass is 263 g/mol. The first-order valence-electron chi connectivity index (χ1n) is 7.40. The van der Waals surface area contributed by atoms with Crippen LogP contribution in [-0.4, -0.2) is 35.7 Å². The summed E-state index contributed by atoms with van der Waals surface area (Å²) in [7, 11) is 0. The van der Waals surface area contributed by atoms with Crippen LogP contribution in [-0.2, 0) is 0 Å². The zero-order chi connectivity index (χ0) is 13.7. The smallest absolute Gasteiger partial charge is 0.120 e. The van der Waals surface area contributed by atoms with E-state index >= 15 is 0 Å². The molecule has 1 atom stereocenters. The number of benzene rings is 1. The van der Waals surface area contributed by atoms with Gasteiger partial charge in [0.2, 0.25) is 0 Å². The van der Waals surface area contributed by atoms with E-state index in [1.54, 1.807) is 0 Å². The van der Waals surface area contributed by atoms with Gasteiger partial charge < -0.3 is 14.7 Å². The van der Waals surface area contributed by atoms with Gasteiger partial charge in [-0.1, -0.05) is 26.0 Å². The van der Waals surface area contributed by atoms with E-state index < -0.39 is 6.10 Å². The Bertz CT molecular complexity index is 386. The second-order valence-electron chi connectivity index (χ2n) is 5.22. The van der Waals surface area contributed by atoms with E-state index in [4.69, 9.17) is 4.74 Å². The molecular formula is C16H25NO2. The summed E-state index contributed by atoms with van der Waals surface area (Å²) in [4.78, 5) is 2.33. The maximum absolute atomic E-state index is 10.3. The van der Waals surface area contributed by atoms with E-state index in [9.17, 15) is 5.11 Å². The summed E-state index contributed by atoms with van der Waals surface area (Å²) < 4.78 is 5.76. The van der Waals surface area contributed by atoms with Gasteiger partial charge in [-0.2, -0.15) is 0 Å². The molecule has 1 N–H and O–H groups in total. The molecule has 0 amide bonds. The van der Waals surface area contributed by atoms with E-state index in [1.807, 2.05) is 24.3 Å². The van der Waals surface area contributed by atoms with Crippen molar-refractivity contribution in [3.05, 3.63) is 29.8 Å². The minimum atomic E-state index is -0.400. The van der Waals surface area contributed by atoms with Gasteiger partial charge in [0.15, 0.2) is 0 Å². The van der Waals surface area contributed by atoms with Crippen LogP contribution in [0.2, 0.25) is 0 Å². The highest BCUT2D eigenvalue weighted by Crippen LogP contribution is 2.28. The number of aliphatic hydroxyl groups is 1. The molecule has 0 radical (unpaired) electrons. The minimum Gasteiger partial charge on any atom is -0.490 e. The molecule has 0 heterocycles. The molecule has 0 bridgehead atoms. The average molecular weight is 263 g/mol. The Balaban J connectivity index is 1.88.